The molecule has 0 saturated heterocycles. The summed E-state index contributed by atoms with van der Waals surface area (Å²) in [5.41, 5.74) is 0.997. The number of hydrogen-bond donors (Lipinski definition) is 2. The van der Waals surface area contributed by atoms with Gasteiger partial charge in [0.05, 0.1) is 18.2 Å². The third-order valence-corrected chi connectivity index (χ3v) is 5.30. The molecule has 126 valence electrons. The van der Waals surface area contributed by atoms with Gasteiger partial charge in [0.25, 0.3) is 0 Å². The highest BCUT2D eigenvalue weighted by Gasteiger charge is 2.29. The van der Waals surface area contributed by atoms with Gasteiger partial charge in [0.1, 0.15) is 16.2 Å². The Morgan fingerprint density at radius 2 is 2.29 bits per heavy atom. The first-order valence-electron chi connectivity index (χ1n) is 7.38. The van der Waals surface area contributed by atoms with Crippen molar-refractivity contribution in [3.8, 4) is 0 Å². The highest BCUT2D eigenvalue weighted by Crippen LogP contribution is 2.29. The Bertz CT molecular complexity index is 818. The molecule has 1 atom stereocenters. The lowest BCUT2D eigenvalue weighted by atomic mass is 10.1. The zero-order valence-electron chi connectivity index (χ0n) is 13.2. The maximum atomic E-state index is 12.2. The van der Waals surface area contributed by atoms with E-state index in [1.807, 2.05) is 11.4 Å². The molecular weight excluding hydrogens is 348 g/mol. The number of aromatic nitrogens is 2. The molecule has 3 heterocycles. The van der Waals surface area contributed by atoms with Crippen molar-refractivity contribution in [2.75, 3.05) is 12.4 Å². The van der Waals surface area contributed by atoms with E-state index < -0.39 is 12.0 Å². The Morgan fingerprint density at radius 3 is 3.08 bits per heavy atom. The number of esters is 1. The van der Waals surface area contributed by atoms with E-state index in [0.717, 1.165) is 15.2 Å². The smallest absolute Gasteiger partial charge is 0.337 e. The van der Waals surface area contributed by atoms with Crippen molar-refractivity contribution < 1.29 is 14.3 Å². The fourth-order valence-corrected chi connectivity index (χ4v) is 4.16. The number of carbonyl (C=O) groups excluding carboxylic acids is 2. The van der Waals surface area contributed by atoms with Gasteiger partial charge in [0, 0.05) is 16.8 Å². The highest BCUT2D eigenvalue weighted by atomic mass is 32.2. The molecule has 0 aliphatic carbocycles. The second kappa shape index (κ2) is 7.18. The van der Waals surface area contributed by atoms with Crippen LogP contribution in [0.4, 0.5) is 4.79 Å². The minimum absolute atomic E-state index is 0.283. The molecule has 2 aromatic rings. The van der Waals surface area contributed by atoms with Gasteiger partial charge in [-0.3, -0.25) is 0 Å². The van der Waals surface area contributed by atoms with Crippen LogP contribution in [-0.4, -0.2) is 40.4 Å². The molecule has 1 unspecified atom stereocenters. The summed E-state index contributed by atoms with van der Waals surface area (Å²) < 4.78 is 5.11. The Hall–Kier alpha value is -2.13. The molecule has 0 fully saturated rings. The van der Waals surface area contributed by atoms with Crippen LogP contribution >= 0.6 is 23.1 Å². The van der Waals surface area contributed by atoms with E-state index in [2.05, 4.69) is 20.6 Å². The molecule has 2 amide bonds. The fraction of sp³-hybridized carbons (Fsp3) is 0.333. The molecule has 0 aromatic carbocycles. The van der Waals surface area contributed by atoms with Crippen molar-refractivity contribution >= 4 is 45.3 Å². The monoisotopic (exact) mass is 364 g/mol. The van der Waals surface area contributed by atoms with Gasteiger partial charge < -0.3 is 15.4 Å². The third kappa shape index (κ3) is 3.36. The van der Waals surface area contributed by atoms with Crippen LogP contribution in [0, 0.1) is 0 Å². The molecule has 24 heavy (non-hydrogen) atoms. The molecule has 2 N–H and O–H groups in total. The molecule has 0 radical (unpaired) electrons. The van der Waals surface area contributed by atoms with Crippen molar-refractivity contribution in [2.45, 2.75) is 24.9 Å². The van der Waals surface area contributed by atoms with Crippen LogP contribution in [0.2, 0.25) is 0 Å². The first-order chi connectivity index (χ1) is 11.6. The second-order valence-corrected chi connectivity index (χ2v) is 6.90. The van der Waals surface area contributed by atoms with Crippen LogP contribution in [0.15, 0.2) is 34.1 Å². The number of fused-ring (bicyclic) bond motifs is 1. The lowest BCUT2D eigenvalue weighted by Gasteiger charge is -2.26. The van der Waals surface area contributed by atoms with Crippen LogP contribution in [0.1, 0.15) is 13.8 Å². The van der Waals surface area contributed by atoms with Crippen LogP contribution in [0.25, 0.3) is 10.2 Å². The number of ether oxygens (including phenoxy) is 1. The summed E-state index contributed by atoms with van der Waals surface area (Å²) in [4.78, 5) is 33.4. The van der Waals surface area contributed by atoms with Gasteiger partial charge in [-0.25, -0.2) is 19.6 Å². The van der Waals surface area contributed by atoms with Gasteiger partial charge in [0.15, 0.2) is 0 Å². The van der Waals surface area contributed by atoms with Gasteiger partial charge in [-0.15, -0.1) is 11.3 Å². The normalized spacial score (nSPS) is 17.6. The summed E-state index contributed by atoms with van der Waals surface area (Å²) in [6.45, 7) is 3.79. The number of thioether (sulfide) groups is 1. The predicted octanol–water partition coefficient (Wildman–Crippen LogP) is 2.30. The molecule has 1 aliphatic rings. The standard InChI is InChI=1S/C15H16N4O3S2/c1-3-22-14(20)11-8(2)18-15(21)19-10(11)6-24-13-9-4-5-23-12(9)16-7-17-13/h4-5,7-8H,3,6H2,1-2H3,(H2,18,19,21). The Kier molecular flexibility index (Phi) is 5.00. The first-order valence-corrected chi connectivity index (χ1v) is 9.25. The minimum Gasteiger partial charge on any atom is -0.463 e. The SMILES string of the molecule is CCOC(=O)C1=C(CSc2ncnc3sccc23)NC(=O)NC1C. The summed E-state index contributed by atoms with van der Waals surface area (Å²) in [7, 11) is 0. The van der Waals surface area contributed by atoms with Crippen molar-refractivity contribution in [2.24, 2.45) is 0 Å². The second-order valence-electron chi connectivity index (χ2n) is 5.04. The summed E-state index contributed by atoms with van der Waals surface area (Å²) in [6, 6.07) is 1.24. The van der Waals surface area contributed by atoms with Crippen LogP contribution < -0.4 is 10.6 Å². The average Bonchev–Trinajstić information content (AvgIpc) is 3.01. The van der Waals surface area contributed by atoms with Gasteiger partial charge >= 0.3 is 12.0 Å². The quantitative estimate of drug-likeness (QED) is 0.480. The van der Waals surface area contributed by atoms with E-state index in [4.69, 9.17) is 4.74 Å². The van der Waals surface area contributed by atoms with Crippen molar-refractivity contribution in [3.63, 3.8) is 0 Å². The fourth-order valence-electron chi connectivity index (χ4n) is 2.42. The largest absolute Gasteiger partial charge is 0.463 e. The number of hydrogen-bond acceptors (Lipinski definition) is 7. The number of carbonyl (C=O) groups is 2. The van der Waals surface area contributed by atoms with E-state index in [1.165, 1.54) is 18.1 Å². The molecule has 3 rings (SSSR count). The van der Waals surface area contributed by atoms with E-state index in [9.17, 15) is 9.59 Å². The number of nitrogens with one attached hydrogen (secondary N) is 2. The van der Waals surface area contributed by atoms with Gasteiger partial charge in [-0.2, -0.15) is 0 Å². The summed E-state index contributed by atoms with van der Waals surface area (Å²) in [5.74, 6) is -0.00935. The summed E-state index contributed by atoms with van der Waals surface area (Å²) in [6.07, 6.45) is 1.52. The Morgan fingerprint density at radius 1 is 1.46 bits per heavy atom. The maximum Gasteiger partial charge on any atom is 0.337 e. The number of nitrogens with zero attached hydrogens (tertiary/aromatic N) is 2. The van der Waals surface area contributed by atoms with Crippen molar-refractivity contribution in [3.05, 3.63) is 29.0 Å². The molecule has 9 heteroatoms. The lowest BCUT2D eigenvalue weighted by Crippen LogP contribution is -2.49. The third-order valence-electron chi connectivity index (χ3n) is 3.44. The Labute approximate surface area is 146 Å². The van der Waals surface area contributed by atoms with Gasteiger partial charge in [-0.1, -0.05) is 11.8 Å². The summed E-state index contributed by atoms with van der Waals surface area (Å²) >= 11 is 3.00. The lowest BCUT2D eigenvalue weighted by molar-refractivity contribution is -0.138. The highest BCUT2D eigenvalue weighted by molar-refractivity contribution is 7.99. The predicted molar refractivity (Wildman–Crippen MR) is 92.9 cm³/mol. The van der Waals surface area contributed by atoms with Gasteiger partial charge in [0.2, 0.25) is 0 Å². The number of thiophene rings is 1. The van der Waals surface area contributed by atoms with Crippen LogP contribution in [-0.2, 0) is 9.53 Å². The van der Waals surface area contributed by atoms with Crippen molar-refractivity contribution in [1.82, 2.24) is 20.6 Å². The molecule has 0 spiro atoms. The number of urea groups is 1. The maximum absolute atomic E-state index is 12.2. The average molecular weight is 364 g/mol. The molecular formula is C15H16N4O3S2. The summed E-state index contributed by atoms with van der Waals surface area (Å²) in [5, 5.41) is 9.14. The minimum atomic E-state index is -0.420. The molecule has 0 saturated carbocycles. The van der Waals surface area contributed by atoms with E-state index in [1.54, 1.807) is 25.2 Å². The Balaban J connectivity index is 1.87. The van der Waals surface area contributed by atoms with Crippen LogP contribution in [0.3, 0.4) is 0 Å². The van der Waals surface area contributed by atoms with Crippen molar-refractivity contribution in [1.29, 1.82) is 0 Å². The van der Waals surface area contributed by atoms with E-state index in [0.29, 0.717) is 17.0 Å². The first kappa shape index (κ1) is 16.7. The molecule has 1 aliphatic heterocycles. The van der Waals surface area contributed by atoms with E-state index >= 15 is 0 Å². The van der Waals surface area contributed by atoms with Gasteiger partial charge in [-0.05, 0) is 25.3 Å². The zero-order valence-corrected chi connectivity index (χ0v) is 14.8. The molecule has 2 aromatic heterocycles. The van der Waals surface area contributed by atoms with Crippen LogP contribution in [0.5, 0.6) is 0 Å². The topological polar surface area (TPSA) is 93.2 Å². The molecule has 7 nitrogen and oxygen atoms in total. The van der Waals surface area contributed by atoms with E-state index in [-0.39, 0.29) is 12.6 Å². The number of amides is 2. The zero-order chi connectivity index (χ0) is 17.1. The molecule has 0 bridgehead atoms. The number of rotatable bonds is 5.